The van der Waals surface area contributed by atoms with Crippen molar-refractivity contribution in [3.05, 3.63) is 54.9 Å². The zero-order valence-electron chi connectivity index (χ0n) is 14.5. The lowest BCUT2D eigenvalue weighted by Crippen LogP contribution is -2.08. The summed E-state index contributed by atoms with van der Waals surface area (Å²) in [6, 6.07) is 13.3. The minimum absolute atomic E-state index is 0.117. The van der Waals surface area contributed by atoms with Crippen LogP contribution in [0.15, 0.2) is 54.9 Å². The lowest BCUT2D eigenvalue weighted by Gasteiger charge is -2.12. The van der Waals surface area contributed by atoms with E-state index in [-0.39, 0.29) is 6.61 Å². The Morgan fingerprint density at radius 1 is 1.08 bits per heavy atom. The fourth-order valence-electron chi connectivity index (χ4n) is 2.39. The molecule has 0 unspecified atom stereocenters. The first kappa shape index (κ1) is 17.6. The van der Waals surface area contributed by atoms with Crippen LogP contribution in [-0.4, -0.2) is 40.3 Å². The number of ether oxygens (including phenoxy) is 1. The minimum atomic E-state index is 0.117. The molecule has 2 heterocycles. The molecule has 0 saturated carbocycles. The highest BCUT2D eigenvalue weighted by atomic mass is 16.5. The Morgan fingerprint density at radius 3 is 2.69 bits per heavy atom. The van der Waals surface area contributed by atoms with Crippen molar-refractivity contribution in [3.63, 3.8) is 0 Å². The SMILES string of the molecule is COc1cccc(Nc2cc(-c3ccncc3)nc(NCCCO)n2)c1. The van der Waals surface area contributed by atoms with E-state index in [0.29, 0.717) is 24.7 Å². The molecule has 0 bridgehead atoms. The van der Waals surface area contributed by atoms with Gasteiger partial charge in [0.05, 0.1) is 12.8 Å². The summed E-state index contributed by atoms with van der Waals surface area (Å²) in [5, 5.41) is 15.4. The third-order valence-electron chi connectivity index (χ3n) is 3.66. The molecule has 7 heteroatoms. The highest BCUT2D eigenvalue weighted by Crippen LogP contribution is 2.25. The molecule has 3 N–H and O–H groups in total. The van der Waals surface area contributed by atoms with Crippen molar-refractivity contribution < 1.29 is 9.84 Å². The van der Waals surface area contributed by atoms with E-state index in [2.05, 4.69) is 25.6 Å². The van der Waals surface area contributed by atoms with E-state index in [0.717, 1.165) is 22.7 Å². The van der Waals surface area contributed by atoms with Crippen LogP contribution in [0, 0.1) is 0 Å². The second kappa shape index (κ2) is 8.77. The average molecular weight is 351 g/mol. The number of pyridine rings is 1. The predicted octanol–water partition coefficient (Wildman–Crippen LogP) is 3.09. The van der Waals surface area contributed by atoms with E-state index in [4.69, 9.17) is 9.84 Å². The molecule has 0 fully saturated rings. The third kappa shape index (κ3) is 4.67. The fourth-order valence-corrected chi connectivity index (χ4v) is 2.39. The molecule has 1 aromatic carbocycles. The van der Waals surface area contributed by atoms with Crippen LogP contribution in [0.1, 0.15) is 6.42 Å². The number of hydrogen-bond donors (Lipinski definition) is 3. The Kier molecular flexibility index (Phi) is 5.95. The first-order valence-corrected chi connectivity index (χ1v) is 8.34. The highest BCUT2D eigenvalue weighted by Gasteiger charge is 2.07. The van der Waals surface area contributed by atoms with Crippen molar-refractivity contribution in [1.29, 1.82) is 0 Å². The molecule has 0 radical (unpaired) electrons. The number of benzene rings is 1. The number of anilines is 3. The van der Waals surface area contributed by atoms with Gasteiger partial charge in [0.25, 0.3) is 0 Å². The van der Waals surface area contributed by atoms with Gasteiger partial charge in [0, 0.05) is 48.9 Å². The Hall–Kier alpha value is -3.19. The number of aliphatic hydroxyl groups excluding tert-OH is 1. The van der Waals surface area contributed by atoms with Gasteiger partial charge >= 0.3 is 0 Å². The van der Waals surface area contributed by atoms with Gasteiger partial charge < -0.3 is 20.5 Å². The second-order valence-electron chi connectivity index (χ2n) is 5.56. The van der Waals surface area contributed by atoms with Crippen molar-refractivity contribution in [3.8, 4) is 17.0 Å². The maximum atomic E-state index is 8.96. The van der Waals surface area contributed by atoms with Crippen molar-refractivity contribution in [2.75, 3.05) is 30.9 Å². The molecular weight excluding hydrogens is 330 g/mol. The van der Waals surface area contributed by atoms with Crippen LogP contribution in [0.4, 0.5) is 17.5 Å². The van der Waals surface area contributed by atoms with E-state index < -0.39 is 0 Å². The van der Waals surface area contributed by atoms with Gasteiger partial charge in [0.15, 0.2) is 0 Å². The topological polar surface area (TPSA) is 92.2 Å². The Morgan fingerprint density at radius 2 is 1.92 bits per heavy atom. The molecule has 0 aliphatic heterocycles. The molecule has 3 aromatic rings. The van der Waals surface area contributed by atoms with Crippen molar-refractivity contribution >= 4 is 17.5 Å². The Bertz CT molecular complexity index is 842. The van der Waals surface area contributed by atoms with Gasteiger partial charge in [-0.25, -0.2) is 4.98 Å². The van der Waals surface area contributed by atoms with Gasteiger partial charge in [0.2, 0.25) is 5.95 Å². The van der Waals surface area contributed by atoms with E-state index in [1.54, 1.807) is 19.5 Å². The summed E-state index contributed by atoms with van der Waals surface area (Å²) < 4.78 is 5.26. The van der Waals surface area contributed by atoms with Crippen LogP contribution < -0.4 is 15.4 Å². The Balaban J connectivity index is 1.90. The molecule has 26 heavy (non-hydrogen) atoms. The van der Waals surface area contributed by atoms with E-state index >= 15 is 0 Å². The molecular formula is C19H21N5O2. The summed E-state index contributed by atoms with van der Waals surface area (Å²) in [5.74, 6) is 1.92. The largest absolute Gasteiger partial charge is 0.497 e. The number of aromatic nitrogens is 3. The normalized spacial score (nSPS) is 10.4. The summed E-state index contributed by atoms with van der Waals surface area (Å²) in [6.07, 6.45) is 4.08. The van der Waals surface area contributed by atoms with Crippen LogP contribution in [-0.2, 0) is 0 Å². The maximum absolute atomic E-state index is 8.96. The summed E-state index contributed by atoms with van der Waals surface area (Å²) in [6.45, 7) is 0.709. The first-order valence-electron chi connectivity index (χ1n) is 8.34. The smallest absolute Gasteiger partial charge is 0.225 e. The van der Waals surface area contributed by atoms with E-state index in [9.17, 15) is 0 Å². The number of nitrogens with zero attached hydrogens (tertiary/aromatic N) is 3. The molecule has 0 saturated heterocycles. The summed E-state index contributed by atoms with van der Waals surface area (Å²) in [5.41, 5.74) is 2.59. The monoisotopic (exact) mass is 351 g/mol. The molecule has 7 nitrogen and oxygen atoms in total. The highest BCUT2D eigenvalue weighted by molar-refractivity contribution is 5.67. The van der Waals surface area contributed by atoms with Gasteiger partial charge in [-0.3, -0.25) is 4.98 Å². The van der Waals surface area contributed by atoms with Crippen LogP contribution in [0.25, 0.3) is 11.3 Å². The van der Waals surface area contributed by atoms with Crippen molar-refractivity contribution in [2.45, 2.75) is 6.42 Å². The van der Waals surface area contributed by atoms with Crippen molar-refractivity contribution in [2.24, 2.45) is 0 Å². The maximum Gasteiger partial charge on any atom is 0.225 e. The molecule has 134 valence electrons. The van der Waals surface area contributed by atoms with Crippen LogP contribution >= 0.6 is 0 Å². The number of methoxy groups -OCH3 is 1. The van der Waals surface area contributed by atoms with Gasteiger partial charge in [0.1, 0.15) is 11.6 Å². The zero-order valence-corrected chi connectivity index (χ0v) is 14.5. The van der Waals surface area contributed by atoms with Crippen LogP contribution in [0.5, 0.6) is 5.75 Å². The van der Waals surface area contributed by atoms with Gasteiger partial charge in [-0.1, -0.05) is 6.07 Å². The minimum Gasteiger partial charge on any atom is -0.497 e. The number of rotatable bonds is 8. The summed E-state index contributed by atoms with van der Waals surface area (Å²) in [7, 11) is 1.63. The van der Waals surface area contributed by atoms with Gasteiger partial charge in [-0.05, 0) is 30.7 Å². The number of aliphatic hydroxyl groups is 1. The third-order valence-corrected chi connectivity index (χ3v) is 3.66. The summed E-state index contributed by atoms with van der Waals surface area (Å²) in [4.78, 5) is 13.1. The molecule has 0 aliphatic carbocycles. The van der Waals surface area contributed by atoms with Crippen LogP contribution in [0.2, 0.25) is 0 Å². The molecule has 0 spiro atoms. The summed E-state index contributed by atoms with van der Waals surface area (Å²) >= 11 is 0. The molecule has 2 aromatic heterocycles. The molecule has 3 rings (SSSR count). The zero-order chi connectivity index (χ0) is 18.2. The lowest BCUT2D eigenvalue weighted by molar-refractivity contribution is 0.292. The van der Waals surface area contributed by atoms with Gasteiger partial charge in [-0.15, -0.1) is 0 Å². The second-order valence-corrected chi connectivity index (χ2v) is 5.56. The quantitative estimate of drug-likeness (QED) is 0.537. The lowest BCUT2D eigenvalue weighted by atomic mass is 10.2. The molecule has 0 atom stereocenters. The van der Waals surface area contributed by atoms with Gasteiger partial charge in [-0.2, -0.15) is 4.98 Å². The van der Waals surface area contributed by atoms with E-state index in [1.807, 2.05) is 42.5 Å². The number of hydrogen-bond acceptors (Lipinski definition) is 7. The fraction of sp³-hybridized carbons (Fsp3) is 0.211. The van der Waals surface area contributed by atoms with E-state index in [1.165, 1.54) is 0 Å². The molecule has 0 aliphatic rings. The predicted molar refractivity (Wildman–Crippen MR) is 102 cm³/mol. The van der Waals surface area contributed by atoms with Crippen LogP contribution in [0.3, 0.4) is 0 Å². The standard InChI is InChI=1S/C19H21N5O2/c1-26-16-5-2-4-15(12-16)22-18-13-17(14-6-9-20-10-7-14)23-19(24-18)21-8-3-11-25/h2,4-7,9-10,12-13,25H,3,8,11H2,1H3,(H2,21,22,23,24). The molecule has 0 amide bonds. The van der Waals surface area contributed by atoms with Crippen molar-refractivity contribution in [1.82, 2.24) is 15.0 Å². The first-order chi connectivity index (χ1) is 12.8. The Labute approximate surface area is 152 Å². The number of nitrogens with one attached hydrogen (secondary N) is 2. The average Bonchev–Trinajstić information content (AvgIpc) is 2.69.